The SMILES string of the molecule is CCN(CC)C(=O)[C@@H]1C[C@@H](NC(=O)CO)CN1Cc1sccc1C. The van der Waals surface area contributed by atoms with Gasteiger partial charge in [0.25, 0.3) is 0 Å². The molecule has 0 aliphatic carbocycles. The number of aryl methyl sites for hydroxylation is 1. The zero-order valence-electron chi connectivity index (χ0n) is 14.6. The van der Waals surface area contributed by atoms with Crippen molar-refractivity contribution in [2.75, 3.05) is 26.2 Å². The van der Waals surface area contributed by atoms with E-state index in [1.165, 1.54) is 10.4 Å². The second-order valence-electron chi connectivity index (χ2n) is 6.14. The van der Waals surface area contributed by atoms with Crippen LogP contribution in [0.3, 0.4) is 0 Å². The average Bonchev–Trinajstić information content (AvgIpc) is 3.15. The van der Waals surface area contributed by atoms with Gasteiger partial charge in [-0.15, -0.1) is 11.3 Å². The number of amides is 2. The summed E-state index contributed by atoms with van der Waals surface area (Å²) >= 11 is 1.70. The van der Waals surface area contributed by atoms with Gasteiger partial charge in [0.2, 0.25) is 11.8 Å². The number of likely N-dealkylation sites (N-methyl/N-ethyl adjacent to an activating group) is 1. The fraction of sp³-hybridized carbons (Fsp3) is 0.647. The van der Waals surface area contributed by atoms with Gasteiger partial charge in [0, 0.05) is 37.1 Å². The molecule has 2 N–H and O–H groups in total. The molecule has 7 heteroatoms. The summed E-state index contributed by atoms with van der Waals surface area (Å²) < 4.78 is 0. The van der Waals surface area contributed by atoms with Gasteiger partial charge in [-0.25, -0.2) is 0 Å². The van der Waals surface area contributed by atoms with Gasteiger partial charge in [0.15, 0.2) is 0 Å². The fourth-order valence-electron chi connectivity index (χ4n) is 3.21. The molecule has 0 radical (unpaired) electrons. The highest BCUT2D eigenvalue weighted by Crippen LogP contribution is 2.26. The van der Waals surface area contributed by atoms with Crippen LogP contribution in [0.4, 0.5) is 0 Å². The number of thiophene rings is 1. The lowest BCUT2D eigenvalue weighted by atomic mass is 10.1. The Balaban J connectivity index is 2.14. The molecule has 24 heavy (non-hydrogen) atoms. The van der Waals surface area contributed by atoms with Crippen molar-refractivity contribution in [3.8, 4) is 0 Å². The van der Waals surface area contributed by atoms with E-state index in [4.69, 9.17) is 5.11 Å². The highest BCUT2D eigenvalue weighted by molar-refractivity contribution is 7.10. The number of carbonyl (C=O) groups excluding carboxylic acids is 2. The smallest absolute Gasteiger partial charge is 0.245 e. The molecule has 2 heterocycles. The van der Waals surface area contributed by atoms with E-state index in [2.05, 4.69) is 28.6 Å². The molecule has 6 nitrogen and oxygen atoms in total. The third-order valence-electron chi connectivity index (χ3n) is 4.59. The third-order valence-corrected chi connectivity index (χ3v) is 5.59. The Morgan fingerprint density at radius 2 is 2.12 bits per heavy atom. The maximum atomic E-state index is 12.9. The predicted octanol–water partition coefficient (Wildman–Crippen LogP) is 0.976. The largest absolute Gasteiger partial charge is 0.387 e. The molecular formula is C17H27N3O3S. The first-order valence-corrected chi connectivity index (χ1v) is 9.34. The Morgan fingerprint density at radius 3 is 2.67 bits per heavy atom. The monoisotopic (exact) mass is 353 g/mol. The number of aliphatic hydroxyl groups is 1. The van der Waals surface area contributed by atoms with Gasteiger partial charge in [0.1, 0.15) is 6.61 Å². The minimum absolute atomic E-state index is 0.102. The van der Waals surface area contributed by atoms with Crippen LogP contribution >= 0.6 is 11.3 Å². The Labute approximate surface area is 147 Å². The van der Waals surface area contributed by atoms with Gasteiger partial charge in [0.05, 0.1) is 6.04 Å². The Morgan fingerprint density at radius 1 is 1.42 bits per heavy atom. The zero-order valence-corrected chi connectivity index (χ0v) is 15.4. The third kappa shape index (κ3) is 4.34. The van der Waals surface area contributed by atoms with E-state index < -0.39 is 6.61 Å². The van der Waals surface area contributed by atoms with Crippen molar-refractivity contribution >= 4 is 23.2 Å². The van der Waals surface area contributed by atoms with Crippen LogP contribution in [0.2, 0.25) is 0 Å². The molecule has 0 spiro atoms. The lowest BCUT2D eigenvalue weighted by Crippen LogP contribution is -2.45. The molecule has 134 valence electrons. The highest BCUT2D eigenvalue weighted by atomic mass is 32.1. The fourth-order valence-corrected chi connectivity index (χ4v) is 4.14. The zero-order chi connectivity index (χ0) is 17.7. The number of aliphatic hydroxyl groups excluding tert-OH is 1. The number of likely N-dealkylation sites (tertiary alicyclic amines) is 1. The van der Waals surface area contributed by atoms with Crippen LogP contribution in [0.5, 0.6) is 0 Å². The lowest BCUT2D eigenvalue weighted by Gasteiger charge is -2.28. The van der Waals surface area contributed by atoms with Crippen LogP contribution in [0.25, 0.3) is 0 Å². The van der Waals surface area contributed by atoms with Crippen LogP contribution in [-0.4, -0.2) is 65.0 Å². The molecule has 2 amide bonds. The van der Waals surface area contributed by atoms with Gasteiger partial charge in [-0.2, -0.15) is 0 Å². The van der Waals surface area contributed by atoms with Gasteiger partial charge in [-0.05, 0) is 44.2 Å². The van der Waals surface area contributed by atoms with Crippen LogP contribution in [0.15, 0.2) is 11.4 Å². The molecule has 1 aliphatic heterocycles. The number of rotatable bonds is 7. The summed E-state index contributed by atoms with van der Waals surface area (Å²) in [5.41, 5.74) is 1.23. The van der Waals surface area contributed by atoms with E-state index in [0.29, 0.717) is 32.6 Å². The van der Waals surface area contributed by atoms with Gasteiger partial charge >= 0.3 is 0 Å². The van der Waals surface area contributed by atoms with Crippen molar-refractivity contribution in [1.29, 1.82) is 0 Å². The summed E-state index contributed by atoms with van der Waals surface area (Å²) in [7, 11) is 0. The molecule has 1 aromatic heterocycles. The number of hydrogen-bond acceptors (Lipinski definition) is 5. The maximum Gasteiger partial charge on any atom is 0.245 e. The van der Waals surface area contributed by atoms with Crippen LogP contribution < -0.4 is 5.32 Å². The molecule has 2 rings (SSSR count). The second-order valence-corrected chi connectivity index (χ2v) is 7.14. The van der Waals surface area contributed by atoms with E-state index in [-0.39, 0.29) is 23.9 Å². The average molecular weight is 353 g/mol. The number of carbonyl (C=O) groups is 2. The summed E-state index contributed by atoms with van der Waals surface area (Å²) in [4.78, 5) is 29.6. The van der Waals surface area contributed by atoms with Crippen molar-refractivity contribution in [1.82, 2.24) is 15.1 Å². The Kier molecular flexibility index (Phi) is 6.77. The summed E-state index contributed by atoms with van der Waals surface area (Å²) in [5.74, 6) is -0.266. The minimum atomic E-state index is -0.519. The highest BCUT2D eigenvalue weighted by Gasteiger charge is 2.39. The number of nitrogens with zero attached hydrogens (tertiary/aromatic N) is 2. The van der Waals surface area contributed by atoms with Crippen LogP contribution in [0.1, 0.15) is 30.7 Å². The minimum Gasteiger partial charge on any atom is -0.387 e. The van der Waals surface area contributed by atoms with Crippen molar-refractivity contribution in [2.24, 2.45) is 0 Å². The summed E-state index contributed by atoms with van der Waals surface area (Å²) in [6, 6.07) is 1.76. The first kappa shape index (κ1) is 18.9. The van der Waals surface area contributed by atoms with E-state index in [1.54, 1.807) is 11.3 Å². The van der Waals surface area contributed by atoms with Gasteiger partial charge < -0.3 is 15.3 Å². The predicted molar refractivity (Wildman–Crippen MR) is 94.8 cm³/mol. The lowest BCUT2D eigenvalue weighted by molar-refractivity contribution is -0.135. The molecule has 1 saturated heterocycles. The van der Waals surface area contributed by atoms with Crippen molar-refractivity contribution in [2.45, 2.75) is 45.8 Å². The van der Waals surface area contributed by atoms with Crippen molar-refractivity contribution in [3.63, 3.8) is 0 Å². The summed E-state index contributed by atoms with van der Waals surface area (Å²) in [5, 5.41) is 13.8. The van der Waals surface area contributed by atoms with Crippen LogP contribution in [-0.2, 0) is 16.1 Å². The topological polar surface area (TPSA) is 72.9 Å². The molecule has 0 bridgehead atoms. The van der Waals surface area contributed by atoms with Gasteiger partial charge in [-0.1, -0.05) is 0 Å². The molecule has 0 unspecified atom stereocenters. The molecule has 2 atom stereocenters. The van der Waals surface area contributed by atoms with Gasteiger partial charge in [-0.3, -0.25) is 14.5 Å². The van der Waals surface area contributed by atoms with Crippen LogP contribution in [0, 0.1) is 6.92 Å². The van der Waals surface area contributed by atoms with Crippen molar-refractivity contribution < 1.29 is 14.7 Å². The summed E-state index contributed by atoms with van der Waals surface area (Å²) in [6.07, 6.45) is 0.589. The Bertz CT molecular complexity index is 571. The second kappa shape index (κ2) is 8.60. The molecular weight excluding hydrogens is 326 g/mol. The molecule has 1 fully saturated rings. The van der Waals surface area contributed by atoms with E-state index in [9.17, 15) is 9.59 Å². The molecule has 1 aromatic rings. The van der Waals surface area contributed by atoms with Crippen molar-refractivity contribution in [3.05, 3.63) is 21.9 Å². The normalized spacial score (nSPS) is 21.0. The standard InChI is InChI=1S/C17H27N3O3S/c1-4-19(5-2)17(23)14-8-13(18-16(22)11-21)9-20(14)10-15-12(3)6-7-24-15/h6-7,13-14,21H,4-5,8-11H2,1-3H3,(H,18,22)/t13-,14+/m1/s1. The van der Waals surface area contributed by atoms with E-state index >= 15 is 0 Å². The van der Waals surface area contributed by atoms with E-state index in [1.807, 2.05) is 18.7 Å². The first-order valence-electron chi connectivity index (χ1n) is 8.46. The molecule has 0 aromatic carbocycles. The maximum absolute atomic E-state index is 12.9. The molecule has 0 saturated carbocycles. The number of hydrogen-bond donors (Lipinski definition) is 2. The quantitative estimate of drug-likeness (QED) is 0.766. The first-order chi connectivity index (χ1) is 11.5. The summed E-state index contributed by atoms with van der Waals surface area (Å²) in [6.45, 7) is 8.23. The Hall–Kier alpha value is -1.44. The number of nitrogens with one attached hydrogen (secondary N) is 1. The van der Waals surface area contributed by atoms with E-state index in [0.717, 1.165) is 0 Å². The molecule has 1 aliphatic rings.